The topological polar surface area (TPSA) is 38.8 Å². The molecule has 2 aromatic carbocycles. The average molecular weight is 392 g/mol. The molecule has 2 unspecified atom stereocenters. The molecule has 4 rings (SSSR count). The van der Waals surface area contributed by atoms with Gasteiger partial charge in [0.1, 0.15) is 6.61 Å². The maximum Gasteiger partial charge on any atom is 0.410 e. The van der Waals surface area contributed by atoms with Crippen LogP contribution in [0.3, 0.4) is 0 Å². The summed E-state index contributed by atoms with van der Waals surface area (Å²) in [7, 11) is 0. The van der Waals surface area contributed by atoms with Gasteiger partial charge in [0, 0.05) is 6.04 Å². The predicted molar refractivity (Wildman–Crippen MR) is 113 cm³/mol. The number of hydrogen-bond acceptors (Lipinski definition) is 3. The summed E-state index contributed by atoms with van der Waals surface area (Å²) in [6.45, 7) is 1.71. The third-order valence-electron chi connectivity index (χ3n) is 5.81. The first kappa shape index (κ1) is 19.7. The fourth-order valence-corrected chi connectivity index (χ4v) is 4.35. The summed E-state index contributed by atoms with van der Waals surface area (Å²) >= 11 is 0. The average Bonchev–Trinajstić information content (AvgIpc) is 2.76. The van der Waals surface area contributed by atoms with E-state index in [4.69, 9.17) is 9.47 Å². The molecule has 1 amide bonds. The molecule has 4 nitrogen and oxygen atoms in total. The number of benzene rings is 2. The summed E-state index contributed by atoms with van der Waals surface area (Å²) in [6.07, 6.45) is 7.22. The molecule has 2 aliphatic heterocycles. The zero-order chi connectivity index (χ0) is 19.9. The fraction of sp³-hybridized carbons (Fsp3) is 0.400. The molecule has 29 heavy (non-hydrogen) atoms. The van der Waals surface area contributed by atoms with Crippen molar-refractivity contribution in [3.63, 3.8) is 0 Å². The van der Waals surface area contributed by atoms with Gasteiger partial charge in [-0.25, -0.2) is 4.79 Å². The molecule has 0 aliphatic carbocycles. The van der Waals surface area contributed by atoms with Crippen LogP contribution in [0.4, 0.5) is 4.79 Å². The van der Waals surface area contributed by atoms with Crippen molar-refractivity contribution < 1.29 is 14.3 Å². The lowest BCUT2D eigenvalue weighted by atomic mass is 9.84. The summed E-state index contributed by atoms with van der Waals surface area (Å²) in [5.74, 6) is 0. The number of piperidine rings is 1. The Hall–Kier alpha value is -2.59. The van der Waals surface area contributed by atoms with Crippen LogP contribution in [0.1, 0.15) is 43.2 Å². The highest BCUT2D eigenvalue weighted by Gasteiger charge is 2.37. The zero-order valence-electron chi connectivity index (χ0n) is 16.8. The lowest BCUT2D eigenvalue weighted by molar-refractivity contribution is 0.0469. The largest absolute Gasteiger partial charge is 0.445 e. The van der Waals surface area contributed by atoms with Crippen LogP contribution < -0.4 is 0 Å². The van der Waals surface area contributed by atoms with Gasteiger partial charge < -0.3 is 9.47 Å². The van der Waals surface area contributed by atoms with Crippen molar-refractivity contribution in [2.45, 2.75) is 57.4 Å². The van der Waals surface area contributed by atoms with E-state index in [1.165, 1.54) is 17.6 Å². The van der Waals surface area contributed by atoms with Gasteiger partial charge in [-0.1, -0.05) is 72.3 Å². The third kappa shape index (κ3) is 5.27. The molecule has 2 aromatic rings. The number of ether oxygens (including phenoxy) is 2. The van der Waals surface area contributed by atoms with Crippen LogP contribution >= 0.6 is 0 Å². The highest BCUT2D eigenvalue weighted by molar-refractivity contribution is 5.69. The van der Waals surface area contributed by atoms with Crippen LogP contribution in [-0.4, -0.2) is 29.7 Å². The van der Waals surface area contributed by atoms with Gasteiger partial charge >= 0.3 is 6.09 Å². The lowest BCUT2D eigenvalue weighted by Crippen LogP contribution is -2.51. The smallest absolute Gasteiger partial charge is 0.410 e. The fourth-order valence-electron chi connectivity index (χ4n) is 4.35. The van der Waals surface area contributed by atoms with Gasteiger partial charge in [0.25, 0.3) is 0 Å². The minimum atomic E-state index is -0.181. The van der Waals surface area contributed by atoms with Crippen molar-refractivity contribution in [2.24, 2.45) is 0 Å². The van der Waals surface area contributed by atoms with Crippen LogP contribution in [0.5, 0.6) is 0 Å². The standard InChI is InChI=1S/C25H29NO3/c27-25(29-19-21-10-5-2-6-11-21)26-23-12-7-13-24(26)17-22(16-23)14-15-28-18-20-8-3-1-4-9-20/h1-6,8-11,16,23-24H,7,12-15,17-19H2. The minimum absolute atomic E-state index is 0.162. The summed E-state index contributed by atoms with van der Waals surface area (Å²) < 4.78 is 11.5. The van der Waals surface area contributed by atoms with Gasteiger partial charge in [0.15, 0.2) is 0 Å². The summed E-state index contributed by atoms with van der Waals surface area (Å²) in [5.41, 5.74) is 3.64. The first-order valence-electron chi connectivity index (χ1n) is 10.6. The Balaban J connectivity index is 1.29. The van der Waals surface area contributed by atoms with Crippen LogP contribution in [0.2, 0.25) is 0 Å². The van der Waals surface area contributed by atoms with Gasteiger partial charge in [-0.2, -0.15) is 0 Å². The SMILES string of the molecule is O=C(OCc1ccccc1)N1C2C=C(CCOCc3ccccc3)CC1CCC2. The number of hydrogen-bond donors (Lipinski definition) is 0. The number of fused-ring (bicyclic) bond motifs is 2. The molecular weight excluding hydrogens is 362 g/mol. The van der Waals surface area contributed by atoms with E-state index in [1.807, 2.05) is 53.4 Å². The molecule has 0 radical (unpaired) electrons. The Labute approximate surface area is 173 Å². The quantitative estimate of drug-likeness (QED) is 0.463. The predicted octanol–water partition coefficient (Wildman–Crippen LogP) is 5.48. The number of carbonyl (C=O) groups excluding carboxylic acids is 1. The van der Waals surface area contributed by atoms with Crippen molar-refractivity contribution in [3.05, 3.63) is 83.4 Å². The molecule has 2 aliphatic rings. The summed E-state index contributed by atoms with van der Waals surface area (Å²) in [6, 6.07) is 20.6. The second-order valence-electron chi connectivity index (χ2n) is 7.92. The van der Waals surface area contributed by atoms with Crippen molar-refractivity contribution in [3.8, 4) is 0 Å². The van der Waals surface area contributed by atoms with E-state index in [9.17, 15) is 4.79 Å². The molecule has 4 heteroatoms. The molecule has 0 saturated carbocycles. The highest BCUT2D eigenvalue weighted by atomic mass is 16.6. The van der Waals surface area contributed by atoms with Gasteiger partial charge in [-0.05, 0) is 43.2 Å². The summed E-state index contributed by atoms with van der Waals surface area (Å²) in [5, 5.41) is 0. The number of rotatable bonds is 7. The van der Waals surface area contributed by atoms with E-state index in [0.29, 0.717) is 13.2 Å². The maximum atomic E-state index is 12.8. The summed E-state index contributed by atoms with van der Waals surface area (Å²) in [4.78, 5) is 14.7. The lowest BCUT2D eigenvalue weighted by Gasteiger charge is -2.44. The van der Waals surface area contributed by atoms with Gasteiger partial charge in [-0.3, -0.25) is 4.90 Å². The van der Waals surface area contributed by atoms with Gasteiger partial charge in [0.2, 0.25) is 0 Å². The van der Waals surface area contributed by atoms with Gasteiger partial charge in [0.05, 0.1) is 19.3 Å². The van der Waals surface area contributed by atoms with E-state index >= 15 is 0 Å². The molecule has 152 valence electrons. The zero-order valence-corrected chi connectivity index (χ0v) is 16.8. The Morgan fingerprint density at radius 2 is 1.62 bits per heavy atom. The van der Waals surface area contributed by atoms with Crippen molar-refractivity contribution in [1.82, 2.24) is 4.90 Å². The minimum Gasteiger partial charge on any atom is -0.445 e. The first-order valence-corrected chi connectivity index (χ1v) is 10.6. The number of amides is 1. The third-order valence-corrected chi connectivity index (χ3v) is 5.81. The molecule has 2 heterocycles. The van der Waals surface area contributed by atoms with E-state index in [-0.39, 0.29) is 18.2 Å². The normalized spacial score (nSPS) is 20.8. The first-order chi connectivity index (χ1) is 14.3. The molecule has 0 aromatic heterocycles. The van der Waals surface area contributed by atoms with Crippen LogP contribution in [0.15, 0.2) is 72.3 Å². The van der Waals surface area contributed by atoms with E-state index in [0.717, 1.165) is 37.9 Å². The molecular formula is C25H29NO3. The Morgan fingerprint density at radius 1 is 0.931 bits per heavy atom. The van der Waals surface area contributed by atoms with E-state index in [2.05, 4.69) is 18.2 Å². The van der Waals surface area contributed by atoms with E-state index < -0.39 is 0 Å². The molecule has 0 N–H and O–H groups in total. The Morgan fingerprint density at radius 3 is 2.31 bits per heavy atom. The van der Waals surface area contributed by atoms with Crippen molar-refractivity contribution in [2.75, 3.05) is 6.61 Å². The highest BCUT2D eigenvalue weighted by Crippen LogP contribution is 2.34. The van der Waals surface area contributed by atoms with Crippen molar-refractivity contribution in [1.29, 1.82) is 0 Å². The van der Waals surface area contributed by atoms with Gasteiger partial charge in [-0.15, -0.1) is 0 Å². The van der Waals surface area contributed by atoms with Crippen LogP contribution in [0, 0.1) is 0 Å². The number of nitrogens with zero attached hydrogens (tertiary/aromatic N) is 1. The molecule has 2 bridgehead atoms. The second kappa shape index (κ2) is 9.75. The molecule has 0 spiro atoms. The van der Waals surface area contributed by atoms with Crippen LogP contribution in [-0.2, 0) is 22.7 Å². The van der Waals surface area contributed by atoms with E-state index in [1.54, 1.807) is 0 Å². The number of carbonyl (C=O) groups is 1. The van der Waals surface area contributed by atoms with Crippen molar-refractivity contribution >= 4 is 6.09 Å². The molecule has 1 fully saturated rings. The molecule has 2 atom stereocenters. The second-order valence-corrected chi connectivity index (χ2v) is 7.92. The monoisotopic (exact) mass is 391 g/mol. The maximum absolute atomic E-state index is 12.8. The van der Waals surface area contributed by atoms with Crippen LogP contribution in [0.25, 0.3) is 0 Å². The molecule has 1 saturated heterocycles. The Kier molecular flexibility index (Phi) is 6.63. The Bertz CT molecular complexity index is 818.